The summed E-state index contributed by atoms with van der Waals surface area (Å²) in [7, 11) is 1.78. The Bertz CT molecular complexity index is 647. The van der Waals surface area contributed by atoms with Crippen LogP contribution in [0.5, 0.6) is 0 Å². The Kier molecular flexibility index (Phi) is 5.08. The van der Waals surface area contributed by atoms with Crippen molar-refractivity contribution in [3.63, 3.8) is 0 Å². The summed E-state index contributed by atoms with van der Waals surface area (Å²) < 4.78 is 5.70. The van der Waals surface area contributed by atoms with E-state index in [9.17, 15) is 9.59 Å². The van der Waals surface area contributed by atoms with Gasteiger partial charge in [0.05, 0.1) is 0 Å². The zero-order valence-corrected chi connectivity index (χ0v) is 17.7. The molecule has 2 atom stereocenters. The van der Waals surface area contributed by atoms with Crippen molar-refractivity contribution in [1.29, 1.82) is 0 Å². The quantitative estimate of drug-likeness (QED) is 0.734. The van der Waals surface area contributed by atoms with E-state index in [0.717, 1.165) is 12.0 Å². The molecule has 146 valence electrons. The van der Waals surface area contributed by atoms with Gasteiger partial charge in [0.2, 0.25) is 5.91 Å². The molecule has 0 aromatic rings. The molecule has 0 N–H and O–H groups in total. The van der Waals surface area contributed by atoms with Crippen molar-refractivity contribution >= 4 is 12.0 Å². The van der Waals surface area contributed by atoms with Crippen LogP contribution >= 0.6 is 0 Å². The molecule has 0 saturated carbocycles. The highest BCUT2D eigenvalue weighted by atomic mass is 16.6. The summed E-state index contributed by atoms with van der Waals surface area (Å²) in [6.07, 6.45) is 6.18. The van der Waals surface area contributed by atoms with Crippen LogP contribution in [0.3, 0.4) is 0 Å². The van der Waals surface area contributed by atoms with Crippen molar-refractivity contribution in [2.24, 2.45) is 10.8 Å². The molecule has 2 aliphatic rings. The van der Waals surface area contributed by atoms with Crippen LogP contribution in [-0.2, 0) is 9.53 Å². The molecule has 5 nitrogen and oxygen atoms in total. The molecule has 0 unspecified atom stereocenters. The molecule has 26 heavy (non-hydrogen) atoms. The second-order valence-corrected chi connectivity index (χ2v) is 10.0. The largest absolute Gasteiger partial charge is 0.444 e. The lowest BCUT2D eigenvalue weighted by molar-refractivity contribution is -0.131. The summed E-state index contributed by atoms with van der Waals surface area (Å²) in [5, 5.41) is 0. The molecule has 0 spiro atoms. The summed E-state index contributed by atoms with van der Waals surface area (Å²) in [5.41, 5.74) is -0.236. The van der Waals surface area contributed by atoms with Gasteiger partial charge in [-0.3, -0.25) is 9.69 Å². The van der Waals surface area contributed by atoms with E-state index in [1.807, 2.05) is 61.5 Å². The number of nitrogens with zero attached hydrogens (tertiary/aromatic N) is 2. The van der Waals surface area contributed by atoms with Gasteiger partial charge in [-0.2, -0.15) is 0 Å². The maximum absolute atomic E-state index is 13.3. The van der Waals surface area contributed by atoms with Gasteiger partial charge < -0.3 is 9.64 Å². The van der Waals surface area contributed by atoms with Gasteiger partial charge in [0.25, 0.3) is 0 Å². The average Bonchev–Trinajstić information content (AvgIpc) is 3.04. The normalized spacial score (nSPS) is 24.3. The molecule has 5 heteroatoms. The van der Waals surface area contributed by atoms with Gasteiger partial charge in [0.1, 0.15) is 17.8 Å². The number of carbonyl (C=O) groups excluding carboxylic acids is 2. The molecule has 2 amide bonds. The van der Waals surface area contributed by atoms with Crippen molar-refractivity contribution in [3.05, 3.63) is 23.8 Å². The van der Waals surface area contributed by atoms with Crippen molar-refractivity contribution in [3.8, 4) is 0 Å². The molecular formula is C21H34N2O3. The average molecular weight is 363 g/mol. The zero-order valence-electron chi connectivity index (χ0n) is 17.7. The first-order valence-electron chi connectivity index (χ1n) is 9.32. The number of carbonyl (C=O) groups is 2. The number of hydrogen-bond donors (Lipinski definition) is 0. The summed E-state index contributed by atoms with van der Waals surface area (Å²) in [4.78, 5) is 29.8. The lowest BCUT2D eigenvalue weighted by Crippen LogP contribution is -2.55. The molecule has 1 aliphatic carbocycles. The van der Waals surface area contributed by atoms with Crippen LogP contribution in [0.4, 0.5) is 4.79 Å². The molecule has 1 heterocycles. The van der Waals surface area contributed by atoms with E-state index >= 15 is 0 Å². The smallest absolute Gasteiger partial charge is 0.412 e. The lowest BCUT2D eigenvalue weighted by Gasteiger charge is -2.42. The second kappa shape index (κ2) is 6.43. The fourth-order valence-corrected chi connectivity index (χ4v) is 4.04. The van der Waals surface area contributed by atoms with Crippen LogP contribution in [0.2, 0.25) is 0 Å². The number of amides is 2. The molecule has 1 fully saturated rings. The highest BCUT2D eigenvalue weighted by molar-refractivity contribution is 5.90. The van der Waals surface area contributed by atoms with Gasteiger partial charge in [-0.15, -0.1) is 0 Å². The fraction of sp³-hybridized carbons (Fsp3) is 0.714. The van der Waals surface area contributed by atoms with Gasteiger partial charge >= 0.3 is 6.09 Å². The maximum Gasteiger partial charge on any atom is 0.412 e. The number of likely N-dealkylation sites (N-methyl/N-ethyl adjacent to an activating group) is 1. The highest BCUT2D eigenvalue weighted by Crippen LogP contribution is 2.45. The third-order valence-electron chi connectivity index (χ3n) is 5.15. The van der Waals surface area contributed by atoms with Crippen LogP contribution in [0.15, 0.2) is 23.8 Å². The first-order chi connectivity index (χ1) is 11.7. The standard InChI is InChI=1S/C21H34N2O3/c1-19(2,3)17-22(9)16(24)15(21(7,8)14-12-10-11-13-14)23(17)18(25)26-20(4,5)6/h10-12,15,17H,13H2,1-9H3/t15-,17+/m0/s1. The Hall–Kier alpha value is -1.78. The Morgan fingerprint density at radius 1 is 1.12 bits per heavy atom. The van der Waals surface area contributed by atoms with Gasteiger partial charge in [-0.05, 0) is 27.2 Å². The fourth-order valence-electron chi connectivity index (χ4n) is 4.04. The van der Waals surface area contributed by atoms with E-state index in [4.69, 9.17) is 4.74 Å². The Labute approximate surface area is 158 Å². The van der Waals surface area contributed by atoms with Crippen molar-refractivity contribution in [2.45, 2.75) is 79.6 Å². The summed E-state index contributed by atoms with van der Waals surface area (Å²) in [6.45, 7) is 15.8. The molecule has 0 bridgehead atoms. The number of allylic oxidation sites excluding steroid dienone is 3. The number of hydrogen-bond acceptors (Lipinski definition) is 3. The monoisotopic (exact) mass is 362 g/mol. The van der Waals surface area contributed by atoms with E-state index in [-0.39, 0.29) is 17.5 Å². The summed E-state index contributed by atoms with van der Waals surface area (Å²) in [6, 6.07) is -0.585. The minimum absolute atomic E-state index is 0.0337. The number of ether oxygens (including phenoxy) is 1. The predicted molar refractivity (Wildman–Crippen MR) is 103 cm³/mol. The Morgan fingerprint density at radius 2 is 1.69 bits per heavy atom. The van der Waals surface area contributed by atoms with Crippen LogP contribution < -0.4 is 0 Å². The Morgan fingerprint density at radius 3 is 2.12 bits per heavy atom. The van der Waals surface area contributed by atoms with Gasteiger partial charge in [0.15, 0.2) is 0 Å². The van der Waals surface area contributed by atoms with Crippen molar-refractivity contribution < 1.29 is 14.3 Å². The minimum atomic E-state index is -0.618. The van der Waals surface area contributed by atoms with Gasteiger partial charge in [-0.25, -0.2) is 4.79 Å². The molecule has 0 aromatic heterocycles. The molecule has 1 saturated heterocycles. The summed E-state index contributed by atoms with van der Waals surface area (Å²) >= 11 is 0. The van der Waals surface area contributed by atoms with Crippen LogP contribution in [-0.4, -0.2) is 46.7 Å². The summed E-state index contributed by atoms with van der Waals surface area (Å²) in [5.74, 6) is -0.0337. The molecule has 2 rings (SSSR count). The topological polar surface area (TPSA) is 49.9 Å². The molecule has 0 radical (unpaired) electrons. The van der Waals surface area contributed by atoms with Gasteiger partial charge in [0, 0.05) is 17.9 Å². The Balaban J connectivity index is 2.52. The molecular weight excluding hydrogens is 328 g/mol. The first kappa shape index (κ1) is 20.5. The third-order valence-corrected chi connectivity index (χ3v) is 5.15. The van der Waals surface area contributed by atoms with E-state index in [0.29, 0.717) is 0 Å². The molecule has 1 aliphatic heterocycles. The SMILES string of the molecule is CN1C(=O)[C@@H](C(C)(C)C2=CC=CC2)N(C(=O)OC(C)(C)C)[C@@H]1C(C)(C)C. The van der Waals surface area contributed by atoms with Crippen LogP contribution in [0.25, 0.3) is 0 Å². The van der Waals surface area contributed by atoms with E-state index in [1.165, 1.54) is 0 Å². The minimum Gasteiger partial charge on any atom is -0.444 e. The first-order valence-corrected chi connectivity index (χ1v) is 9.32. The van der Waals surface area contributed by atoms with Crippen molar-refractivity contribution in [2.75, 3.05) is 7.05 Å². The third kappa shape index (κ3) is 3.67. The maximum atomic E-state index is 13.3. The van der Waals surface area contributed by atoms with E-state index in [2.05, 4.69) is 12.2 Å². The second-order valence-electron chi connectivity index (χ2n) is 10.0. The number of rotatable bonds is 2. The van der Waals surface area contributed by atoms with Crippen LogP contribution in [0, 0.1) is 10.8 Å². The highest BCUT2D eigenvalue weighted by Gasteiger charge is 2.57. The van der Waals surface area contributed by atoms with E-state index in [1.54, 1.807) is 16.8 Å². The predicted octanol–water partition coefficient (Wildman–Crippen LogP) is 4.35. The molecule has 0 aromatic carbocycles. The lowest BCUT2D eigenvalue weighted by atomic mass is 9.75. The van der Waals surface area contributed by atoms with Gasteiger partial charge in [-0.1, -0.05) is 58.4 Å². The van der Waals surface area contributed by atoms with E-state index < -0.39 is 23.2 Å². The van der Waals surface area contributed by atoms with Crippen LogP contribution in [0.1, 0.15) is 61.8 Å². The zero-order chi connectivity index (χ0) is 20.1. The van der Waals surface area contributed by atoms with Crippen molar-refractivity contribution in [1.82, 2.24) is 9.80 Å².